The quantitative estimate of drug-likeness (QED) is 0.113. The Kier molecular flexibility index (Phi) is 10.4. The summed E-state index contributed by atoms with van der Waals surface area (Å²) in [5, 5.41) is 35.7. The van der Waals surface area contributed by atoms with Gasteiger partial charge in [-0.3, -0.25) is 9.59 Å². The zero-order valence-electron chi connectivity index (χ0n) is 28.6. The molecule has 2 bridgehead atoms. The van der Waals surface area contributed by atoms with E-state index in [1.807, 2.05) is 37.3 Å². The Labute approximate surface area is 275 Å². The molecule has 0 saturated heterocycles. The number of hydrogen-bond acceptors (Lipinski definition) is 7. The van der Waals surface area contributed by atoms with E-state index in [1.165, 1.54) is 38.5 Å². The van der Waals surface area contributed by atoms with Gasteiger partial charge in [0.25, 0.3) is 0 Å². The van der Waals surface area contributed by atoms with Crippen molar-refractivity contribution in [2.75, 3.05) is 6.61 Å². The molecule has 2 fully saturated rings. The predicted octanol–water partition coefficient (Wildman–Crippen LogP) is 6.63. The number of aliphatic hydroxyl groups excluding tert-OH is 2. The number of carbonyl (C=O) groups excluding carboxylic acids is 2. The Hall–Kier alpha value is -2.32. The van der Waals surface area contributed by atoms with Gasteiger partial charge in [-0.15, -0.1) is 0 Å². The van der Waals surface area contributed by atoms with E-state index < -0.39 is 46.1 Å². The monoisotopic (exact) mass is 636 g/mol. The van der Waals surface area contributed by atoms with Crippen molar-refractivity contribution in [3.63, 3.8) is 0 Å². The van der Waals surface area contributed by atoms with Crippen molar-refractivity contribution in [1.29, 1.82) is 0 Å². The van der Waals surface area contributed by atoms with Crippen LogP contribution >= 0.6 is 0 Å². The number of benzene rings is 1. The standard InChI is InChI=1S/C39H56O7/c1-6-7-8-9-10-11-12-13-17-20-31(40)46-38-23-27(3)37-22-26(2)33(41)39(37,44)34(42)29(25-45-24-28-18-15-14-16-19-28)21-30(35(37)43)32(38)36(38,4)5/h14-16,18-19,21-22,27,30,32-34,41-42,44H,6-13,17,20,23-25H2,1-5H3/t27?,30-,32+,33-,34+,37-,38-,39+/m0/s1. The fourth-order valence-electron chi connectivity index (χ4n) is 9.41. The van der Waals surface area contributed by atoms with Gasteiger partial charge in [0, 0.05) is 23.7 Å². The van der Waals surface area contributed by atoms with E-state index in [4.69, 9.17) is 9.47 Å². The lowest BCUT2D eigenvalue weighted by Gasteiger charge is -2.48. The minimum atomic E-state index is -2.17. The van der Waals surface area contributed by atoms with Gasteiger partial charge in [0.05, 0.1) is 18.6 Å². The maximum absolute atomic E-state index is 14.8. The Morgan fingerprint density at radius 1 is 0.935 bits per heavy atom. The third-order valence-electron chi connectivity index (χ3n) is 12.0. The van der Waals surface area contributed by atoms with Crippen molar-refractivity contribution in [3.8, 4) is 0 Å². The molecule has 1 unspecified atom stereocenters. The van der Waals surface area contributed by atoms with E-state index in [0.717, 1.165) is 24.8 Å². The highest BCUT2D eigenvalue weighted by atomic mass is 16.6. The molecule has 1 aromatic rings. The number of fused-ring (bicyclic) bond motifs is 3. The normalized spacial score (nSPS) is 35.7. The summed E-state index contributed by atoms with van der Waals surface area (Å²) in [4.78, 5) is 28.2. The Morgan fingerprint density at radius 3 is 2.22 bits per heavy atom. The lowest BCUT2D eigenvalue weighted by Crippen LogP contribution is -2.65. The molecule has 0 aromatic heterocycles. The van der Waals surface area contributed by atoms with E-state index in [-0.39, 0.29) is 24.3 Å². The topological polar surface area (TPSA) is 113 Å². The Balaban J connectivity index is 1.37. The number of Topliss-reactive ketones (excluding diaryl/α,β-unsaturated/α-hetero) is 1. The molecule has 5 rings (SSSR count). The summed E-state index contributed by atoms with van der Waals surface area (Å²) >= 11 is 0. The number of ketones is 1. The number of hydrogen-bond donors (Lipinski definition) is 3. The minimum Gasteiger partial charge on any atom is -0.458 e. The van der Waals surface area contributed by atoms with Crippen LogP contribution in [-0.4, -0.2) is 57.1 Å². The molecule has 4 aliphatic rings. The maximum atomic E-state index is 14.8. The number of aliphatic hydroxyl groups is 3. The fraction of sp³-hybridized carbons (Fsp3) is 0.692. The van der Waals surface area contributed by atoms with Gasteiger partial charge in [0.15, 0.2) is 5.78 Å². The number of esters is 1. The van der Waals surface area contributed by atoms with Crippen LogP contribution in [0.25, 0.3) is 0 Å². The van der Waals surface area contributed by atoms with Crippen LogP contribution in [0.5, 0.6) is 0 Å². The number of allylic oxidation sites excluding steroid dienone is 1. The first kappa shape index (κ1) is 35.0. The van der Waals surface area contributed by atoms with Gasteiger partial charge in [-0.25, -0.2) is 0 Å². The highest BCUT2D eigenvalue weighted by molar-refractivity contribution is 5.95. The predicted molar refractivity (Wildman–Crippen MR) is 178 cm³/mol. The summed E-state index contributed by atoms with van der Waals surface area (Å²) in [7, 11) is 0. The lowest BCUT2D eigenvalue weighted by atomic mass is 9.59. The molecule has 7 heteroatoms. The van der Waals surface area contributed by atoms with E-state index in [2.05, 4.69) is 20.8 Å². The number of unbranched alkanes of at least 4 members (excludes halogenated alkanes) is 8. The second-order valence-electron chi connectivity index (χ2n) is 15.2. The van der Waals surface area contributed by atoms with Crippen LogP contribution in [0.15, 0.2) is 53.6 Å². The molecular weight excluding hydrogens is 580 g/mol. The van der Waals surface area contributed by atoms with E-state index in [1.54, 1.807) is 19.1 Å². The molecule has 8 atom stereocenters. The molecule has 254 valence electrons. The summed E-state index contributed by atoms with van der Waals surface area (Å²) in [6, 6.07) is 9.66. The van der Waals surface area contributed by atoms with Crippen molar-refractivity contribution in [1.82, 2.24) is 0 Å². The van der Waals surface area contributed by atoms with Gasteiger partial charge >= 0.3 is 5.97 Å². The third kappa shape index (κ3) is 5.73. The molecule has 0 aliphatic heterocycles. The molecule has 1 spiro atoms. The smallest absolute Gasteiger partial charge is 0.306 e. The van der Waals surface area contributed by atoms with Gasteiger partial charge in [0.1, 0.15) is 23.4 Å². The molecule has 46 heavy (non-hydrogen) atoms. The van der Waals surface area contributed by atoms with Crippen molar-refractivity contribution in [2.24, 2.45) is 28.6 Å². The summed E-state index contributed by atoms with van der Waals surface area (Å²) < 4.78 is 12.5. The highest BCUT2D eigenvalue weighted by Gasteiger charge is 2.83. The second kappa shape index (κ2) is 13.7. The fourth-order valence-corrected chi connectivity index (χ4v) is 9.41. The maximum Gasteiger partial charge on any atom is 0.306 e. The first-order valence-corrected chi connectivity index (χ1v) is 17.7. The van der Waals surface area contributed by atoms with E-state index in [9.17, 15) is 24.9 Å². The van der Waals surface area contributed by atoms with Gasteiger partial charge in [-0.05, 0) is 42.4 Å². The van der Waals surface area contributed by atoms with Crippen LogP contribution in [0.2, 0.25) is 0 Å². The summed E-state index contributed by atoms with van der Waals surface area (Å²) in [6.45, 7) is 10.2. The average Bonchev–Trinajstić information content (AvgIpc) is 3.44. The van der Waals surface area contributed by atoms with Crippen LogP contribution in [-0.2, 0) is 25.7 Å². The molecule has 0 radical (unpaired) electrons. The Bertz CT molecular complexity index is 1320. The Morgan fingerprint density at radius 2 is 1.57 bits per heavy atom. The van der Waals surface area contributed by atoms with E-state index in [0.29, 0.717) is 30.6 Å². The number of ether oxygens (including phenoxy) is 2. The number of rotatable bonds is 15. The zero-order chi connectivity index (χ0) is 33.3. The van der Waals surface area contributed by atoms with Gasteiger partial charge in [-0.1, -0.05) is 122 Å². The largest absolute Gasteiger partial charge is 0.458 e. The molecule has 2 saturated carbocycles. The lowest BCUT2D eigenvalue weighted by molar-refractivity contribution is -0.192. The molecule has 3 N–H and O–H groups in total. The number of carbonyl (C=O) groups is 2. The molecule has 7 nitrogen and oxygen atoms in total. The molecule has 4 aliphatic carbocycles. The van der Waals surface area contributed by atoms with Crippen LogP contribution in [0.3, 0.4) is 0 Å². The van der Waals surface area contributed by atoms with Crippen LogP contribution < -0.4 is 0 Å². The van der Waals surface area contributed by atoms with Gasteiger partial charge in [-0.2, -0.15) is 0 Å². The summed E-state index contributed by atoms with van der Waals surface area (Å²) in [5.41, 5.74) is -3.32. The van der Waals surface area contributed by atoms with Crippen LogP contribution in [0.4, 0.5) is 0 Å². The molecular formula is C39H56O7. The minimum absolute atomic E-state index is 0.0169. The molecule has 1 aromatic carbocycles. The zero-order valence-corrected chi connectivity index (χ0v) is 28.6. The van der Waals surface area contributed by atoms with Crippen LogP contribution in [0, 0.1) is 28.6 Å². The highest BCUT2D eigenvalue weighted by Crippen LogP contribution is 2.75. The second-order valence-corrected chi connectivity index (χ2v) is 15.2. The average molecular weight is 637 g/mol. The first-order valence-electron chi connectivity index (χ1n) is 17.7. The van der Waals surface area contributed by atoms with Gasteiger partial charge in [0.2, 0.25) is 0 Å². The first-order chi connectivity index (χ1) is 21.9. The summed E-state index contributed by atoms with van der Waals surface area (Å²) in [6.07, 6.45) is 11.6. The van der Waals surface area contributed by atoms with Crippen molar-refractivity contribution in [2.45, 2.75) is 135 Å². The van der Waals surface area contributed by atoms with Crippen molar-refractivity contribution in [3.05, 3.63) is 59.2 Å². The molecule has 0 heterocycles. The van der Waals surface area contributed by atoms with Crippen molar-refractivity contribution >= 4 is 11.8 Å². The van der Waals surface area contributed by atoms with Crippen LogP contribution in [0.1, 0.15) is 111 Å². The van der Waals surface area contributed by atoms with Gasteiger partial charge < -0.3 is 24.8 Å². The molecule has 0 amide bonds. The van der Waals surface area contributed by atoms with Crippen molar-refractivity contribution < 1.29 is 34.4 Å². The van der Waals surface area contributed by atoms with E-state index >= 15 is 0 Å². The third-order valence-corrected chi connectivity index (χ3v) is 12.0. The summed E-state index contributed by atoms with van der Waals surface area (Å²) in [5.74, 6) is -2.04. The SMILES string of the molecule is CCCCCCCCCCCC(=O)O[C@@]12CC(C)[C@]34C=C(C)[C@H](O)[C@@]3(O)[C@H](O)C(COCc3ccccc3)=C[C@H](C4=O)[C@@H]1C2(C)C.